The summed E-state index contributed by atoms with van der Waals surface area (Å²) in [6, 6.07) is 5.51. The summed E-state index contributed by atoms with van der Waals surface area (Å²) in [7, 11) is 1.59. The molecule has 2 aromatic rings. The number of nitrogens with one attached hydrogen (secondary N) is 1. The van der Waals surface area contributed by atoms with Crippen molar-refractivity contribution >= 4 is 28.6 Å². The fraction of sp³-hybridized carbons (Fsp3) is 0.421. The number of methoxy groups -OCH3 is 1. The Kier molecular flexibility index (Phi) is 8.06. The molecule has 1 heterocycles. The Labute approximate surface area is 163 Å². The first-order valence-corrected chi connectivity index (χ1v) is 9.80. The minimum atomic E-state index is -0.319. The van der Waals surface area contributed by atoms with Crippen molar-refractivity contribution in [1.29, 1.82) is 0 Å². The molecule has 0 radical (unpaired) electrons. The van der Waals surface area contributed by atoms with Gasteiger partial charge in [-0.1, -0.05) is 38.0 Å². The van der Waals surface area contributed by atoms with Crippen molar-refractivity contribution in [2.45, 2.75) is 39.5 Å². The van der Waals surface area contributed by atoms with Gasteiger partial charge in [-0.15, -0.1) is 0 Å². The summed E-state index contributed by atoms with van der Waals surface area (Å²) in [5.41, 5.74) is 9.64. The van der Waals surface area contributed by atoms with Crippen molar-refractivity contribution in [2.24, 2.45) is 5.10 Å². The number of nitrogen functional groups attached to an aromatic ring is 1. The third-order valence-corrected chi connectivity index (χ3v) is 4.75. The summed E-state index contributed by atoms with van der Waals surface area (Å²) < 4.78 is 11.1. The maximum absolute atomic E-state index is 12.2. The van der Waals surface area contributed by atoms with E-state index in [1.165, 1.54) is 0 Å². The Bertz CT molecular complexity index is 789. The van der Waals surface area contributed by atoms with Gasteiger partial charge in [-0.3, -0.25) is 4.79 Å². The SMILES string of the molecule is CCCCCOc1ccc(C=NNC(=O)c2sc(N)nc2CC)cc1OC. The van der Waals surface area contributed by atoms with Gasteiger partial charge in [0.15, 0.2) is 16.6 Å². The number of benzene rings is 1. The van der Waals surface area contributed by atoms with E-state index in [-0.39, 0.29) is 5.91 Å². The van der Waals surface area contributed by atoms with Crippen molar-refractivity contribution in [2.75, 3.05) is 19.5 Å². The molecule has 2 rings (SSSR count). The third kappa shape index (κ3) is 5.96. The van der Waals surface area contributed by atoms with E-state index in [1.807, 2.05) is 25.1 Å². The van der Waals surface area contributed by atoms with Gasteiger partial charge in [0.1, 0.15) is 4.88 Å². The molecular weight excluding hydrogens is 364 g/mol. The summed E-state index contributed by atoms with van der Waals surface area (Å²) in [6.07, 6.45) is 5.48. The van der Waals surface area contributed by atoms with E-state index in [0.717, 1.165) is 36.2 Å². The summed E-state index contributed by atoms with van der Waals surface area (Å²) in [4.78, 5) is 16.8. The number of anilines is 1. The van der Waals surface area contributed by atoms with E-state index in [1.54, 1.807) is 13.3 Å². The van der Waals surface area contributed by atoms with Crippen molar-refractivity contribution in [3.8, 4) is 11.5 Å². The minimum Gasteiger partial charge on any atom is -0.493 e. The Morgan fingerprint density at radius 3 is 2.85 bits per heavy atom. The Balaban J connectivity index is 1.98. The molecule has 146 valence electrons. The van der Waals surface area contributed by atoms with Gasteiger partial charge in [0, 0.05) is 0 Å². The van der Waals surface area contributed by atoms with Gasteiger partial charge >= 0.3 is 0 Å². The molecule has 0 unspecified atom stereocenters. The topological polar surface area (TPSA) is 98.8 Å². The lowest BCUT2D eigenvalue weighted by Crippen LogP contribution is -2.17. The van der Waals surface area contributed by atoms with Gasteiger partial charge in [0.05, 0.1) is 25.6 Å². The molecule has 7 nitrogen and oxygen atoms in total. The first-order valence-electron chi connectivity index (χ1n) is 8.98. The highest BCUT2D eigenvalue weighted by atomic mass is 32.1. The number of hydrazone groups is 1. The van der Waals surface area contributed by atoms with Gasteiger partial charge in [0.25, 0.3) is 5.91 Å². The summed E-state index contributed by atoms with van der Waals surface area (Å²) in [5.74, 6) is 1.01. The van der Waals surface area contributed by atoms with E-state index in [4.69, 9.17) is 15.2 Å². The lowest BCUT2D eigenvalue weighted by molar-refractivity contribution is 0.0958. The standard InChI is InChI=1S/C19H26N4O3S/c1-4-6-7-10-26-15-9-8-13(11-16(15)25-3)12-21-23-18(24)17-14(5-2)22-19(20)27-17/h8-9,11-12H,4-7,10H2,1-3H3,(H2,20,22)(H,23,24). The van der Waals surface area contributed by atoms with Crippen molar-refractivity contribution in [3.05, 3.63) is 34.3 Å². The molecule has 0 spiro atoms. The fourth-order valence-electron chi connectivity index (χ4n) is 2.42. The zero-order chi connectivity index (χ0) is 19.6. The summed E-state index contributed by atoms with van der Waals surface area (Å²) in [5, 5.41) is 4.39. The first kappa shape index (κ1) is 20.7. The predicted octanol–water partition coefficient (Wildman–Crippen LogP) is 3.63. The highest BCUT2D eigenvalue weighted by Crippen LogP contribution is 2.27. The number of unbranched alkanes of at least 4 members (excludes halogenated alkanes) is 2. The second-order valence-corrected chi connectivity index (χ2v) is 6.88. The smallest absolute Gasteiger partial charge is 0.283 e. The molecule has 27 heavy (non-hydrogen) atoms. The van der Waals surface area contributed by atoms with Crippen LogP contribution in [0.15, 0.2) is 23.3 Å². The van der Waals surface area contributed by atoms with E-state index < -0.39 is 0 Å². The average molecular weight is 391 g/mol. The quantitative estimate of drug-likeness (QED) is 0.367. The first-order chi connectivity index (χ1) is 13.1. The van der Waals surface area contributed by atoms with Crippen LogP contribution in [0.25, 0.3) is 0 Å². The molecule has 8 heteroatoms. The lowest BCUT2D eigenvalue weighted by Gasteiger charge is -2.11. The van der Waals surface area contributed by atoms with Crippen molar-refractivity contribution in [3.63, 3.8) is 0 Å². The summed E-state index contributed by atoms with van der Waals surface area (Å²) >= 11 is 1.16. The van der Waals surface area contributed by atoms with E-state index in [2.05, 4.69) is 22.4 Å². The zero-order valence-electron chi connectivity index (χ0n) is 15.9. The Morgan fingerprint density at radius 1 is 1.33 bits per heavy atom. The van der Waals surface area contributed by atoms with Gasteiger partial charge in [-0.05, 0) is 36.6 Å². The molecule has 1 amide bonds. The van der Waals surface area contributed by atoms with Crippen LogP contribution in [-0.2, 0) is 6.42 Å². The molecule has 0 saturated heterocycles. The predicted molar refractivity (Wildman–Crippen MR) is 109 cm³/mol. The highest BCUT2D eigenvalue weighted by Gasteiger charge is 2.15. The van der Waals surface area contributed by atoms with E-state index >= 15 is 0 Å². The second kappa shape index (κ2) is 10.5. The molecule has 0 aliphatic carbocycles. The van der Waals surface area contributed by atoms with Gasteiger partial charge in [-0.2, -0.15) is 5.10 Å². The molecule has 0 aliphatic rings. The number of carbonyl (C=O) groups is 1. The molecule has 0 saturated carbocycles. The van der Waals surface area contributed by atoms with Crippen LogP contribution < -0.4 is 20.6 Å². The molecule has 1 aromatic carbocycles. The molecule has 0 aliphatic heterocycles. The number of thiazole rings is 1. The number of aryl methyl sites for hydroxylation is 1. The van der Waals surface area contributed by atoms with Crippen LogP contribution >= 0.6 is 11.3 Å². The molecule has 0 atom stereocenters. The normalized spacial score (nSPS) is 10.9. The highest BCUT2D eigenvalue weighted by molar-refractivity contribution is 7.17. The fourth-order valence-corrected chi connectivity index (χ4v) is 3.23. The number of nitrogens with zero attached hydrogens (tertiary/aromatic N) is 2. The Hall–Kier alpha value is -2.61. The largest absolute Gasteiger partial charge is 0.493 e. The van der Waals surface area contributed by atoms with E-state index in [0.29, 0.717) is 40.2 Å². The number of carbonyl (C=O) groups excluding carboxylic acids is 1. The molecule has 0 fully saturated rings. The number of amides is 1. The van der Waals surface area contributed by atoms with Gasteiger partial charge in [0.2, 0.25) is 0 Å². The van der Waals surface area contributed by atoms with Crippen LogP contribution in [0.2, 0.25) is 0 Å². The maximum Gasteiger partial charge on any atom is 0.283 e. The average Bonchev–Trinajstić information content (AvgIpc) is 3.06. The van der Waals surface area contributed by atoms with Crippen LogP contribution in [0, 0.1) is 0 Å². The maximum atomic E-state index is 12.2. The molecule has 1 aromatic heterocycles. The zero-order valence-corrected chi connectivity index (χ0v) is 16.8. The number of ether oxygens (including phenoxy) is 2. The molecular formula is C19H26N4O3S. The van der Waals surface area contributed by atoms with Gasteiger partial charge in [-0.25, -0.2) is 10.4 Å². The molecule has 0 bridgehead atoms. The van der Waals surface area contributed by atoms with Gasteiger partial charge < -0.3 is 15.2 Å². The number of rotatable bonds is 10. The van der Waals surface area contributed by atoms with Crippen molar-refractivity contribution in [1.82, 2.24) is 10.4 Å². The molecule has 3 N–H and O–H groups in total. The third-order valence-electron chi connectivity index (χ3n) is 3.83. The number of hydrogen-bond acceptors (Lipinski definition) is 7. The van der Waals surface area contributed by atoms with Crippen molar-refractivity contribution < 1.29 is 14.3 Å². The number of aromatic nitrogens is 1. The Morgan fingerprint density at radius 2 is 2.15 bits per heavy atom. The number of nitrogens with two attached hydrogens (primary N) is 1. The van der Waals surface area contributed by atoms with E-state index in [9.17, 15) is 4.79 Å². The van der Waals surface area contributed by atoms with Crippen LogP contribution in [0.3, 0.4) is 0 Å². The minimum absolute atomic E-state index is 0.319. The second-order valence-electron chi connectivity index (χ2n) is 5.85. The monoisotopic (exact) mass is 390 g/mol. The van der Waals surface area contributed by atoms with Crippen LogP contribution in [0.5, 0.6) is 11.5 Å². The number of hydrogen-bond donors (Lipinski definition) is 2. The summed E-state index contributed by atoms with van der Waals surface area (Å²) in [6.45, 7) is 4.73. The van der Waals surface area contributed by atoms with Crippen LogP contribution in [0.4, 0.5) is 5.13 Å². The lowest BCUT2D eigenvalue weighted by atomic mass is 10.2. The van der Waals surface area contributed by atoms with Crippen LogP contribution in [0.1, 0.15) is 54.0 Å². The van der Waals surface area contributed by atoms with Crippen LogP contribution in [-0.4, -0.2) is 30.8 Å².